The molecule has 0 atom stereocenters. The maximum atomic E-state index is 9.67. The first-order valence-electron chi connectivity index (χ1n) is 6.64. The summed E-state index contributed by atoms with van der Waals surface area (Å²) in [7, 11) is 0. The summed E-state index contributed by atoms with van der Waals surface area (Å²) in [6.45, 7) is 7.82. The molecular formula is C15H20N2O2S. The minimum atomic E-state index is -0.752. The van der Waals surface area contributed by atoms with Crippen LogP contribution in [0.3, 0.4) is 0 Å². The first-order chi connectivity index (χ1) is 9.35. The summed E-state index contributed by atoms with van der Waals surface area (Å²) < 4.78 is 5.60. The van der Waals surface area contributed by atoms with Gasteiger partial charge in [-0.05, 0) is 37.5 Å². The highest BCUT2D eigenvalue weighted by Gasteiger charge is 2.16. The number of aliphatic hydroxyl groups is 1. The second-order valence-electron chi connectivity index (χ2n) is 5.75. The van der Waals surface area contributed by atoms with E-state index in [0.29, 0.717) is 22.8 Å². The molecule has 1 aromatic carbocycles. The Kier molecular flexibility index (Phi) is 4.50. The molecule has 0 unspecified atom stereocenters. The standard InChI is InChI=1S/C15H20N2O2S/c1-10(2)11-5-7-12(8-6-11)13-16-17-14(19-13)20-9-15(3,4)18/h5-8,10,18H,9H2,1-4H3. The van der Waals surface area contributed by atoms with Crippen molar-refractivity contribution in [3.8, 4) is 11.5 Å². The molecule has 4 nitrogen and oxygen atoms in total. The minimum absolute atomic E-state index is 0.482. The summed E-state index contributed by atoms with van der Waals surface area (Å²) in [6, 6.07) is 8.14. The average Bonchev–Trinajstić information content (AvgIpc) is 2.84. The third-order valence-corrected chi connectivity index (χ3v) is 4.04. The van der Waals surface area contributed by atoms with Gasteiger partial charge in [0, 0.05) is 11.3 Å². The van der Waals surface area contributed by atoms with Gasteiger partial charge < -0.3 is 9.52 Å². The van der Waals surface area contributed by atoms with Crippen LogP contribution < -0.4 is 0 Å². The highest BCUT2D eigenvalue weighted by atomic mass is 32.2. The highest BCUT2D eigenvalue weighted by molar-refractivity contribution is 7.99. The van der Waals surface area contributed by atoms with E-state index in [1.54, 1.807) is 13.8 Å². The maximum Gasteiger partial charge on any atom is 0.276 e. The summed E-state index contributed by atoms with van der Waals surface area (Å²) in [5.41, 5.74) is 1.44. The molecule has 108 valence electrons. The Morgan fingerprint density at radius 1 is 1.20 bits per heavy atom. The molecule has 20 heavy (non-hydrogen) atoms. The van der Waals surface area contributed by atoms with Crippen molar-refractivity contribution in [2.75, 3.05) is 5.75 Å². The third kappa shape index (κ3) is 4.08. The normalized spacial score (nSPS) is 12.1. The van der Waals surface area contributed by atoms with E-state index < -0.39 is 5.60 Å². The number of nitrogens with zero attached hydrogens (tertiary/aromatic N) is 2. The largest absolute Gasteiger partial charge is 0.411 e. The number of rotatable bonds is 5. The van der Waals surface area contributed by atoms with E-state index >= 15 is 0 Å². The van der Waals surface area contributed by atoms with Gasteiger partial charge in [0.05, 0.1) is 5.60 Å². The number of hydrogen-bond donors (Lipinski definition) is 1. The number of benzene rings is 1. The molecule has 1 N–H and O–H groups in total. The van der Waals surface area contributed by atoms with Gasteiger partial charge in [-0.25, -0.2) is 0 Å². The zero-order chi connectivity index (χ0) is 14.8. The van der Waals surface area contributed by atoms with Gasteiger partial charge in [0.15, 0.2) is 0 Å². The van der Waals surface area contributed by atoms with Crippen molar-refractivity contribution >= 4 is 11.8 Å². The van der Waals surface area contributed by atoms with Gasteiger partial charge in [-0.2, -0.15) is 0 Å². The van der Waals surface area contributed by atoms with E-state index in [9.17, 15) is 5.11 Å². The summed E-state index contributed by atoms with van der Waals surface area (Å²) in [5.74, 6) is 1.53. The Balaban J connectivity index is 2.08. The van der Waals surface area contributed by atoms with Crippen LogP contribution in [0.4, 0.5) is 0 Å². The predicted molar refractivity (Wildman–Crippen MR) is 80.8 cm³/mol. The maximum absolute atomic E-state index is 9.67. The fraction of sp³-hybridized carbons (Fsp3) is 0.467. The fourth-order valence-electron chi connectivity index (χ4n) is 1.63. The number of aromatic nitrogens is 2. The summed E-state index contributed by atoms with van der Waals surface area (Å²) in [5, 5.41) is 18.2. The summed E-state index contributed by atoms with van der Waals surface area (Å²) in [6.07, 6.45) is 0. The van der Waals surface area contributed by atoms with E-state index in [2.05, 4.69) is 36.2 Å². The fourth-order valence-corrected chi connectivity index (χ4v) is 2.35. The second kappa shape index (κ2) is 5.97. The van der Waals surface area contributed by atoms with Gasteiger partial charge in [-0.15, -0.1) is 10.2 Å². The van der Waals surface area contributed by atoms with Crippen LogP contribution in [0.15, 0.2) is 33.9 Å². The quantitative estimate of drug-likeness (QED) is 0.851. The van der Waals surface area contributed by atoms with Gasteiger partial charge in [-0.3, -0.25) is 0 Å². The Morgan fingerprint density at radius 2 is 1.85 bits per heavy atom. The van der Waals surface area contributed by atoms with E-state index in [0.717, 1.165) is 5.56 Å². The molecular weight excluding hydrogens is 272 g/mol. The van der Waals surface area contributed by atoms with Crippen LogP contribution in [-0.4, -0.2) is 26.7 Å². The molecule has 0 saturated carbocycles. The van der Waals surface area contributed by atoms with Crippen LogP contribution in [0.2, 0.25) is 0 Å². The van der Waals surface area contributed by atoms with Crippen LogP contribution >= 0.6 is 11.8 Å². The predicted octanol–water partition coefficient (Wildman–Crippen LogP) is 3.72. The van der Waals surface area contributed by atoms with Crippen molar-refractivity contribution < 1.29 is 9.52 Å². The smallest absolute Gasteiger partial charge is 0.276 e. The lowest BCUT2D eigenvalue weighted by molar-refractivity contribution is 0.106. The van der Waals surface area contributed by atoms with Gasteiger partial charge in [0.25, 0.3) is 5.22 Å². The molecule has 2 rings (SSSR count). The Labute approximate surface area is 123 Å². The monoisotopic (exact) mass is 292 g/mol. The molecule has 0 spiro atoms. The Morgan fingerprint density at radius 3 is 2.40 bits per heavy atom. The van der Waals surface area contributed by atoms with Gasteiger partial charge >= 0.3 is 0 Å². The van der Waals surface area contributed by atoms with Gasteiger partial charge in [-0.1, -0.05) is 37.7 Å². The molecule has 0 aliphatic rings. The topological polar surface area (TPSA) is 59.2 Å². The first kappa shape index (κ1) is 15.1. The molecule has 0 amide bonds. The van der Waals surface area contributed by atoms with E-state index in [-0.39, 0.29) is 0 Å². The van der Waals surface area contributed by atoms with Crippen LogP contribution in [0.5, 0.6) is 0 Å². The molecule has 0 bridgehead atoms. The van der Waals surface area contributed by atoms with Crippen LogP contribution in [-0.2, 0) is 0 Å². The lowest BCUT2D eigenvalue weighted by Gasteiger charge is -2.13. The van der Waals surface area contributed by atoms with Crippen molar-refractivity contribution in [3.05, 3.63) is 29.8 Å². The Hall–Kier alpha value is -1.33. The minimum Gasteiger partial charge on any atom is -0.411 e. The molecule has 0 aliphatic carbocycles. The zero-order valence-electron chi connectivity index (χ0n) is 12.3. The van der Waals surface area contributed by atoms with E-state index in [4.69, 9.17) is 4.42 Å². The number of thioether (sulfide) groups is 1. The molecule has 0 fully saturated rings. The van der Waals surface area contributed by atoms with Crippen molar-refractivity contribution in [3.63, 3.8) is 0 Å². The van der Waals surface area contributed by atoms with Crippen molar-refractivity contribution in [1.82, 2.24) is 10.2 Å². The summed E-state index contributed by atoms with van der Waals surface area (Å²) in [4.78, 5) is 0. The molecule has 1 heterocycles. The van der Waals surface area contributed by atoms with Crippen LogP contribution in [0, 0.1) is 0 Å². The molecule has 1 aromatic heterocycles. The third-order valence-electron chi connectivity index (χ3n) is 2.78. The molecule has 0 radical (unpaired) electrons. The molecule has 5 heteroatoms. The Bertz CT molecular complexity index is 556. The molecule has 0 aliphatic heterocycles. The van der Waals surface area contributed by atoms with Crippen molar-refractivity contribution in [1.29, 1.82) is 0 Å². The molecule has 2 aromatic rings. The van der Waals surface area contributed by atoms with E-state index in [1.165, 1.54) is 17.3 Å². The van der Waals surface area contributed by atoms with Gasteiger partial charge in [0.2, 0.25) is 5.89 Å². The van der Waals surface area contributed by atoms with Crippen molar-refractivity contribution in [2.24, 2.45) is 0 Å². The molecule has 0 saturated heterocycles. The van der Waals surface area contributed by atoms with E-state index in [1.807, 2.05) is 12.1 Å². The van der Waals surface area contributed by atoms with Crippen LogP contribution in [0.1, 0.15) is 39.2 Å². The van der Waals surface area contributed by atoms with Gasteiger partial charge in [0.1, 0.15) is 0 Å². The van der Waals surface area contributed by atoms with Crippen LogP contribution in [0.25, 0.3) is 11.5 Å². The first-order valence-corrected chi connectivity index (χ1v) is 7.63. The number of hydrogen-bond acceptors (Lipinski definition) is 5. The lowest BCUT2D eigenvalue weighted by atomic mass is 10.0. The SMILES string of the molecule is CC(C)c1ccc(-c2nnc(SCC(C)(C)O)o2)cc1. The lowest BCUT2D eigenvalue weighted by Crippen LogP contribution is -2.21. The summed E-state index contributed by atoms with van der Waals surface area (Å²) >= 11 is 1.36. The highest BCUT2D eigenvalue weighted by Crippen LogP contribution is 2.26. The average molecular weight is 292 g/mol. The van der Waals surface area contributed by atoms with Crippen molar-refractivity contribution in [2.45, 2.75) is 44.4 Å². The zero-order valence-corrected chi connectivity index (χ0v) is 13.1. The second-order valence-corrected chi connectivity index (χ2v) is 6.68.